The minimum Gasteiger partial charge on any atom is -0.303 e. The van der Waals surface area contributed by atoms with Gasteiger partial charge in [0.2, 0.25) is 0 Å². The van der Waals surface area contributed by atoms with Crippen molar-refractivity contribution >= 4 is 6.29 Å². The van der Waals surface area contributed by atoms with E-state index in [1.54, 1.807) is 24.3 Å². The van der Waals surface area contributed by atoms with Gasteiger partial charge in [-0.25, -0.2) is 9.48 Å². The summed E-state index contributed by atoms with van der Waals surface area (Å²) in [4.78, 5) is 37.8. The molecule has 2 heterocycles. The van der Waals surface area contributed by atoms with Crippen LogP contribution in [0.25, 0.3) is 22.6 Å². The van der Waals surface area contributed by atoms with Crippen LogP contribution in [0.2, 0.25) is 0 Å². The largest absolute Gasteiger partial charge is 0.416 e. The molecule has 0 saturated carbocycles. The van der Waals surface area contributed by atoms with E-state index < -0.39 is 23.0 Å². The molecule has 0 unspecified atom stereocenters. The fourth-order valence-corrected chi connectivity index (χ4v) is 3.97. The molecule has 4 aromatic rings. The molecule has 0 aliphatic heterocycles. The Labute approximate surface area is 202 Å². The van der Waals surface area contributed by atoms with Gasteiger partial charge in [-0.05, 0) is 49.4 Å². The van der Waals surface area contributed by atoms with E-state index >= 15 is 0 Å². The van der Waals surface area contributed by atoms with Gasteiger partial charge in [0, 0.05) is 24.7 Å². The Morgan fingerprint density at radius 2 is 1.78 bits per heavy atom. The van der Waals surface area contributed by atoms with Crippen LogP contribution in [0.5, 0.6) is 0 Å². The van der Waals surface area contributed by atoms with Crippen LogP contribution in [0.15, 0.2) is 64.3 Å². The molecule has 2 aromatic carbocycles. The first-order valence-electron chi connectivity index (χ1n) is 10.6. The van der Waals surface area contributed by atoms with Crippen molar-refractivity contribution in [1.82, 2.24) is 18.9 Å². The minimum absolute atomic E-state index is 0.00628. The summed E-state index contributed by atoms with van der Waals surface area (Å²) in [5.74, 6) is 0. The van der Waals surface area contributed by atoms with Gasteiger partial charge in [-0.1, -0.05) is 6.07 Å². The highest BCUT2D eigenvalue weighted by atomic mass is 19.4. The average Bonchev–Trinajstić information content (AvgIpc) is 3.26. The Balaban J connectivity index is 2.06. The van der Waals surface area contributed by atoms with Gasteiger partial charge in [0.25, 0.3) is 5.56 Å². The highest BCUT2D eigenvalue weighted by Gasteiger charge is 2.31. The van der Waals surface area contributed by atoms with Crippen molar-refractivity contribution in [1.29, 1.82) is 5.26 Å². The first-order chi connectivity index (χ1) is 17.1. The van der Waals surface area contributed by atoms with Crippen LogP contribution >= 0.6 is 0 Å². The number of nitrogens with zero attached hydrogens (tertiary/aromatic N) is 5. The van der Waals surface area contributed by atoms with Gasteiger partial charge >= 0.3 is 11.9 Å². The lowest BCUT2D eigenvalue weighted by molar-refractivity contribution is -0.137. The van der Waals surface area contributed by atoms with Gasteiger partial charge < -0.3 is 4.79 Å². The van der Waals surface area contributed by atoms with E-state index in [2.05, 4.69) is 5.10 Å². The van der Waals surface area contributed by atoms with Gasteiger partial charge in [-0.2, -0.15) is 23.5 Å². The predicted molar refractivity (Wildman–Crippen MR) is 124 cm³/mol. The SMILES string of the molecule is Cc1c(-c2c(CC=O)cnn2-c2ccc(C#N)cc2)c(=O)n(C)c(=O)n1-c1cccc(C(F)(F)F)c1. The Bertz CT molecular complexity index is 1640. The van der Waals surface area contributed by atoms with Crippen molar-refractivity contribution in [3.8, 4) is 28.7 Å². The quantitative estimate of drug-likeness (QED) is 0.397. The molecule has 0 aliphatic carbocycles. The molecule has 0 amide bonds. The molecule has 0 radical (unpaired) electrons. The van der Waals surface area contributed by atoms with Crippen molar-refractivity contribution in [2.75, 3.05) is 0 Å². The number of carbonyl (C=O) groups is 1. The number of hydrogen-bond donors (Lipinski definition) is 0. The number of carbonyl (C=O) groups excluding carboxylic acids is 1. The van der Waals surface area contributed by atoms with Crippen molar-refractivity contribution in [2.24, 2.45) is 7.05 Å². The van der Waals surface area contributed by atoms with E-state index in [1.165, 1.54) is 37.0 Å². The van der Waals surface area contributed by atoms with E-state index in [0.717, 1.165) is 21.3 Å². The van der Waals surface area contributed by atoms with E-state index in [9.17, 15) is 27.6 Å². The molecule has 0 bridgehead atoms. The van der Waals surface area contributed by atoms with Crippen molar-refractivity contribution < 1.29 is 18.0 Å². The maximum absolute atomic E-state index is 13.4. The first kappa shape index (κ1) is 24.4. The van der Waals surface area contributed by atoms with E-state index in [0.29, 0.717) is 23.1 Å². The topological polar surface area (TPSA) is 103 Å². The van der Waals surface area contributed by atoms with Crippen molar-refractivity contribution in [3.63, 3.8) is 0 Å². The van der Waals surface area contributed by atoms with Crippen LogP contribution in [0.1, 0.15) is 22.4 Å². The number of nitriles is 1. The number of aromatic nitrogens is 4. The Kier molecular flexibility index (Phi) is 6.20. The van der Waals surface area contributed by atoms with Gasteiger partial charge in [0.15, 0.2) is 0 Å². The van der Waals surface area contributed by atoms with Crippen LogP contribution in [-0.2, 0) is 24.4 Å². The van der Waals surface area contributed by atoms with Crippen LogP contribution in [0.4, 0.5) is 13.2 Å². The number of hydrogen-bond acceptors (Lipinski definition) is 5. The summed E-state index contributed by atoms with van der Waals surface area (Å²) in [5, 5.41) is 13.4. The normalized spacial score (nSPS) is 11.3. The molecule has 8 nitrogen and oxygen atoms in total. The number of rotatable bonds is 5. The Morgan fingerprint density at radius 3 is 2.39 bits per heavy atom. The molecule has 4 rings (SSSR count). The highest BCUT2D eigenvalue weighted by molar-refractivity contribution is 5.71. The third-order valence-corrected chi connectivity index (χ3v) is 5.75. The molecule has 0 N–H and O–H groups in total. The second kappa shape index (κ2) is 9.14. The van der Waals surface area contributed by atoms with Crippen molar-refractivity contribution in [2.45, 2.75) is 19.5 Å². The summed E-state index contributed by atoms with van der Waals surface area (Å²) < 4.78 is 43.3. The third kappa shape index (κ3) is 4.13. The van der Waals surface area contributed by atoms with Crippen molar-refractivity contribution in [3.05, 3.63) is 98.0 Å². The molecule has 36 heavy (non-hydrogen) atoms. The summed E-state index contributed by atoms with van der Waals surface area (Å²) in [5.41, 5.74) is -1.04. The zero-order valence-electron chi connectivity index (χ0n) is 19.1. The molecule has 0 fully saturated rings. The predicted octanol–water partition coefficient (Wildman–Crippen LogP) is 3.33. The lowest BCUT2D eigenvalue weighted by atomic mass is 10.0. The molecule has 0 saturated heterocycles. The second-order valence-electron chi connectivity index (χ2n) is 7.95. The molecular formula is C25H18F3N5O3. The summed E-state index contributed by atoms with van der Waals surface area (Å²) in [6.07, 6.45) is -2.70. The number of aldehydes is 1. The molecule has 2 aromatic heterocycles. The lowest BCUT2D eigenvalue weighted by Crippen LogP contribution is -2.40. The standard InChI is InChI=1S/C25H18F3N5O3/c1-15-21(22-17(10-11-34)14-30-33(22)19-8-6-16(13-29)7-9-19)23(35)31(2)24(36)32(15)20-5-3-4-18(12-20)25(26,27)28/h3-9,11-12,14H,10H2,1-2H3. The van der Waals surface area contributed by atoms with E-state index in [-0.39, 0.29) is 29.1 Å². The van der Waals surface area contributed by atoms with Gasteiger partial charge in [0.05, 0.1) is 46.0 Å². The fraction of sp³-hybridized carbons (Fsp3) is 0.160. The number of alkyl halides is 3. The molecule has 182 valence electrons. The average molecular weight is 493 g/mol. The third-order valence-electron chi connectivity index (χ3n) is 5.75. The zero-order valence-corrected chi connectivity index (χ0v) is 19.1. The summed E-state index contributed by atoms with van der Waals surface area (Å²) >= 11 is 0. The minimum atomic E-state index is -4.64. The Morgan fingerprint density at radius 1 is 1.08 bits per heavy atom. The molecule has 0 atom stereocenters. The fourth-order valence-electron chi connectivity index (χ4n) is 3.97. The second-order valence-corrected chi connectivity index (χ2v) is 7.95. The van der Waals surface area contributed by atoms with E-state index in [1.807, 2.05) is 6.07 Å². The number of halogens is 3. The molecular weight excluding hydrogens is 475 g/mol. The van der Waals surface area contributed by atoms with Gasteiger partial charge in [-0.15, -0.1) is 0 Å². The molecule has 0 aliphatic rings. The monoisotopic (exact) mass is 493 g/mol. The summed E-state index contributed by atoms with van der Waals surface area (Å²) in [7, 11) is 1.22. The lowest BCUT2D eigenvalue weighted by Gasteiger charge is -2.18. The zero-order chi connectivity index (χ0) is 26.2. The maximum atomic E-state index is 13.4. The smallest absolute Gasteiger partial charge is 0.303 e. The molecule has 0 spiro atoms. The van der Waals surface area contributed by atoms with Gasteiger partial charge in [-0.3, -0.25) is 13.9 Å². The van der Waals surface area contributed by atoms with E-state index in [4.69, 9.17) is 5.26 Å². The van der Waals surface area contributed by atoms with Gasteiger partial charge in [0.1, 0.15) is 6.29 Å². The van der Waals surface area contributed by atoms with Crippen LogP contribution in [-0.4, -0.2) is 25.2 Å². The highest BCUT2D eigenvalue weighted by Crippen LogP contribution is 2.31. The van der Waals surface area contributed by atoms with Crippen LogP contribution in [0, 0.1) is 18.3 Å². The van der Waals surface area contributed by atoms with Crippen LogP contribution in [0.3, 0.4) is 0 Å². The molecule has 11 heteroatoms. The summed E-state index contributed by atoms with van der Waals surface area (Å²) in [6, 6.07) is 12.5. The Hall–Kier alpha value is -4.72. The van der Waals surface area contributed by atoms with Crippen LogP contribution < -0.4 is 11.2 Å². The summed E-state index contributed by atoms with van der Waals surface area (Å²) in [6.45, 7) is 1.44. The maximum Gasteiger partial charge on any atom is 0.416 e. The first-order valence-corrected chi connectivity index (χ1v) is 10.6. The number of benzene rings is 2.